The Balaban J connectivity index is 5.21. The largest absolute Gasteiger partial charge is 0.409 e. The predicted molar refractivity (Wildman–Crippen MR) is 86.4 cm³/mol. The average Bonchev–Trinajstić information content (AvgIpc) is 2.43. The molecule has 0 atom stereocenters. The zero-order valence-electron chi connectivity index (χ0n) is 14.4. The lowest BCUT2D eigenvalue weighted by Gasteiger charge is -2.36. The van der Waals surface area contributed by atoms with Crippen molar-refractivity contribution in [3.8, 4) is 0 Å². The second kappa shape index (κ2) is 8.22. The van der Waals surface area contributed by atoms with E-state index < -0.39 is 5.41 Å². The predicted octanol–water partition coefficient (Wildman–Crippen LogP) is 1.78. The van der Waals surface area contributed by atoms with E-state index in [1.807, 2.05) is 27.9 Å². The fraction of sp³-hybridized carbons (Fsp3) is 0.867. The first kappa shape index (κ1) is 19.7. The van der Waals surface area contributed by atoms with Crippen LogP contribution in [0.2, 0.25) is 0 Å². The van der Waals surface area contributed by atoms with E-state index >= 15 is 0 Å². The second-order valence-corrected chi connectivity index (χ2v) is 6.46. The van der Waals surface area contributed by atoms with E-state index in [1.54, 1.807) is 0 Å². The van der Waals surface area contributed by atoms with E-state index in [2.05, 4.69) is 29.2 Å². The number of nitrogens with zero attached hydrogens (tertiary/aromatic N) is 2. The zero-order valence-corrected chi connectivity index (χ0v) is 14.4. The third kappa shape index (κ3) is 4.88. The van der Waals surface area contributed by atoms with Crippen LogP contribution < -0.4 is 11.1 Å². The summed E-state index contributed by atoms with van der Waals surface area (Å²) < 4.78 is 0. The zero-order chi connectivity index (χ0) is 16.7. The molecule has 0 aromatic carbocycles. The molecule has 4 N–H and O–H groups in total. The van der Waals surface area contributed by atoms with Crippen LogP contribution in [0.15, 0.2) is 5.16 Å². The van der Waals surface area contributed by atoms with Gasteiger partial charge in [0, 0.05) is 12.1 Å². The molecule has 0 aliphatic rings. The normalized spacial score (nSPS) is 13.6. The van der Waals surface area contributed by atoms with Crippen LogP contribution in [0.25, 0.3) is 0 Å². The number of amidine groups is 1. The Hall–Kier alpha value is -1.30. The van der Waals surface area contributed by atoms with Gasteiger partial charge in [-0.3, -0.25) is 4.79 Å². The molecule has 0 saturated heterocycles. The lowest BCUT2D eigenvalue weighted by molar-refractivity contribution is -0.128. The average molecular weight is 300 g/mol. The van der Waals surface area contributed by atoms with Crippen molar-refractivity contribution in [2.75, 3.05) is 20.6 Å². The highest BCUT2D eigenvalue weighted by Crippen LogP contribution is 2.31. The van der Waals surface area contributed by atoms with Crippen molar-refractivity contribution in [1.29, 1.82) is 0 Å². The van der Waals surface area contributed by atoms with Crippen molar-refractivity contribution >= 4 is 11.7 Å². The minimum Gasteiger partial charge on any atom is -0.409 e. The molecule has 0 bridgehead atoms. The molecular formula is C15H32N4O2. The number of carbonyl (C=O) groups excluding carboxylic acids is 1. The molecule has 6 heteroatoms. The summed E-state index contributed by atoms with van der Waals surface area (Å²) in [6.45, 7) is 8.60. The van der Waals surface area contributed by atoms with Gasteiger partial charge in [-0.15, -0.1) is 0 Å². The summed E-state index contributed by atoms with van der Waals surface area (Å²) >= 11 is 0. The minimum absolute atomic E-state index is 0.00589. The van der Waals surface area contributed by atoms with E-state index in [-0.39, 0.29) is 17.3 Å². The number of oxime groups is 1. The molecule has 0 unspecified atom stereocenters. The molecule has 0 aliphatic heterocycles. The second-order valence-electron chi connectivity index (χ2n) is 6.46. The maximum atomic E-state index is 12.7. The Kier molecular flexibility index (Phi) is 7.71. The topological polar surface area (TPSA) is 91.0 Å². The molecule has 0 aromatic heterocycles. The Morgan fingerprint density at radius 1 is 1.24 bits per heavy atom. The minimum atomic E-state index is -0.916. The van der Waals surface area contributed by atoms with Crippen molar-refractivity contribution in [3.63, 3.8) is 0 Å². The smallest absolute Gasteiger partial charge is 0.234 e. The van der Waals surface area contributed by atoms with E-state index in [0.717, 1.165) is 12.8 Å². The summed E-state index contributed by atoms with van der Waals surface area (Å²) in [6.07, 6.45) is 2.73. The Morgan fingerprint density at radius 3 is 2.05 bits per heavy atom. The van der Waals surface area contributed by atoms with Crippen molar-refractivity contribution in [2.45, 2.75) is 58.9 Å². The third-order valence-corrected chi connectivity index (χ3v) is 4.28. The first-order valence-electron chi connectivity index (χ1n) is 7.61. The monoisotopic (exact) mass is 300 g/mol. The van der Waals surface area contributed by atoms with Gasteiger partial charge in [0.1, 0.15) is 5.41 Å². The number of carbonyl (C=O) groups is 1. The van der Waals surface area contributed by atoms with Gasteiger partial charge in [0.15, 0.2) is 5.84 Å². The van der Waals surface area contributed by atoms with Gasteiger partial charge in [0.25, 0.3) is 0 Å². The first-order valence-corrected chi connectivity index (χ1v) is 7.61. The number of amides is 1. The van der Waals surface area contributed by atoms with E-state index in [9.17, 15) is 4.79 Å². The molecule has 0 fully saturated rings. The molecule has 0 rings (SSSR count). The lowest BCUT2D eigenvalue weighted by Crippen LogP contribution is -2.55. The van der Waals surface area contributed by atoms with Crippen molar-refractivity contribution < 1.29 is 10.0 Å². The summed E-state index contributed by atoms with van der Waals surface area (Å²) in [5.41, 5.74) is 4.78. The summed E-state index contributed by atoms with van der Waals surface area (Å²) in [5.74, 6) is -0.150. The maximum absolute atomic E-state index is 12.7. The van der Waals surface area contributed by atoms with Crippen LogP contribution in [0, 0.1) is 5.41 Å². The summed E-state index contributed by atoms with van der Waals surface area (Å²) in [4.78, 5) is 14.8. The SMILES string of the molecule is CCCC(CCC)(C(=O)NCC(C)(C)N(C)C)C(N)=NO. The van der Waals surface area contributed by atoms with Crippen LogP contribution in [-0.2, 0) is 4.79 Å². The standard InChI is InChI=1S/C15H32N4O2/c1-7-9-15(10-8-2,12(16)18-21)13(20)17-11-14(3,4)19(5)6/h21H,7-11H2,1-6H3,(H2,16,18)(H,17,20). The van der Waals surface area contributed by atoms with Crippen LogP contribution in [0.3, 0.4) is 0 Å². The van der Waals surface area contributed by atoms with E-state index in [1.165, 1.54) is 0 Å². The van der Waals surface area contributed by atoms with Crippen LogP contribution >= 0.6 is 0 Å². The molecule has 0 radical (unpaired) electrons. The fourth-order valence-corrected chi connectivity index (χ4v) is 2.30. The highest BCUT2D eigenvalue weighted by Gasteiger charge is 2.41. The molecule has 6 nitrogen and oxygen atoms in total. The van der Waals surface area contributed by atoms with E-state index in [0.29, 0.717) is 19.4 Å². The van der Waals surface area contributed by atoms with Gasteiger partial charge in [-0.2, -0.15) is 0 Å². The number of nitrogens with two attached hydrogens (primary N) is 1. The van der Waals surface area contributed by atoms with Gasteiger partial charge in [-0.05, 0) is 40.8 Å². The van der Waals surface area contributed by atoms with Gasteiger partial charge in [-0.1, -0.05) is 31.8 Å². The van der Waals surface area contributed by atoms with Crippen molar-refractivity contribution in [3.05, 3.63) is 0 Å². The molecule has 0 aliphatic carbocycles. The highest BCUT2D eigenvalue weighted by atomic mass is 16.4. The summed E-state index contributed by atoms with van der Waals surface area (Å²) in [5, 5.41) is 15.2. The fourth-order valence-electron chi connectivity index (χ4n) is 2.30. The number of likely N-dealkylation sites (N-methyl/N-ethyl adjacent to an activating group) is 1. The van der Waals surface area contributed by atoms with E-state index in [4.69, 9.17) is 10.9 Å². The van der Waals surface area contributed by atoms with Crippen LogP contribution in [-0.4, -0.2) is 48.0 Å². The Morgan fingerprint density at radius 2 is 1.71 bits per heavy atom. The molecule has 0 heterocycles. The van der Waals surface area contributed by atoms with Gasteiger partial charge in [0.2, 0.25) is 5.91 Å². The highest BCUT2D eigenvalue weighted by molar-refractivity contribution is 6.06. The molecular weight excluding hydrogens is 268 g/mol. The Bertz CT molecular complexity index is 359. The molecule has 0 aromatic rings. The summed E-state index contributed by atoms with van der Waals surface area (Å²) in [6, 6.07) is 0. The van der Waals surface area contributed by atoms with Gasteiger partial charge < -0.3 is 21.2 Å². The molecule has 0 saturated carbocycles. The van der Waals surface area contributed by atoms with Crippen LogP contribution in [0.1, 0.15) is 53.4 Å². The van der Waals surface area contributed by atoms with Crippen LogP contribution in [0.4, 0.5) is 0 Å². The number of hydrogen-bond donors (Lipinski definition) is 3. The molecule has 1 amide bonds. The quantitative estimate of drug-likeness (QED) is 0.262. The first-order chi connectivity index (χ1) is 9.67. The Labute approximate surface area is 128 Å². The van der Waals surface area contributed by atoms with Crippen molar-refractivity contribution in [1.82, 2.24) is 10.2 Å². The number of hydrogen-bond acceptors (Lipinski definition) is 4. The molecule has 124 valence electrons. The van der Waals surface area contributed by atoms with Gasteiger partial charge in [0.05, 0.1) is 0 Å². The van der Waals surface area contributed by atoms with Crippen molar-refractivity contribution in [2.24, 2.45) is 16.3 Å². The maximum Gasteiger partial charge on any atom is 0.234 e. The molecule has 0 spiro atoms. The lowest BCUT2D eigenvalue weighted by atomic mass is 9.77. The summed E-state index contributed by atoms with van der Waals surface area (Å²) in [7, 11) is 3.95. The van der Waals surface area contributed by atoms with Gasteiger partial charge in [-0.25, -0.2) is 0 Å². The number of nitrogens with one attached hydrogen (secondary N) is 1. The molecule has 21 heavy (non-hydrogen) atoms. The third-order valence-electron chi connectivity index (χ3n) is 4.28. The number of rotatable bonds is 9. The van der Waals surface area contributed by atoms with Gasteiger partial charge >= 0.3 is 0 Å². The van der Waals surface area contributed by atoms with Crippen LogP contribution in [0.5, 0.6) is 0 Å².